The van der Waals surface area contributed by atoms with Gasteiger partial charge in [0.2, 0.25) is 5.82 Å². The molecule has 0 heterocycles. The molecule has 0 aliphatic carbocycles. The Labute approximate surface area is 172 Å². The van der Waals surface area contributed by atoms with Gasteiger partial charge in [-0.05, 0) is 29.8 Å². The fraction of sp³-hybridized carbons (Fsp3) is 0.0952. The molecule has 0 atom stereocenters. The molecule has 30 heavy (non-hydrogen) atoms. The van der Waals surface area contributed by atoms with Gasteiger partial charge in [-0.25, -0.2) is 26.7 Å². The van der Waals surface area contributed by atoms with E-state index in [1.807, 2.05) is 30.3 Å². The predicted molar refractivity (Wildman–Crippen MR) is 100 cm³/mol. The maximum absolute atomic E-state index is 13.7. The topological polar surface area (TPSA) is 35.5 Å². The quantitative estimate of drug-likeness (QED) is 0.196. The summed E-state index contributed by atoms with van der Waals surface area (Å²) in [6, 6.07) is 14.7. The first-order valence-electron chi connectivity index (χ1n) is 8.49. The van der Waals surface area contributed by atoms with Crippen LogP contribution < -0.4 is 4.74 Å². The second kappa shape index (κ2) is 9.62. The molecule has 0 unspecified atom stereocenters. The van der Waals surface area contributed by atoms with Crippen LogP contribution in [0.1, 0.15) is 21.5 Å². The fourth-order valence-electron chi connectivity index (χ4n) is 2.39. The van der Waals surface area contributed by atoms with Crippen molar-refractivity contribution < 1.29 is 35.7 Å². The molecule has 0 aromatic heterocycles. The minimum atomic E-state index is -2.23. The normalized spacial score (nSPS) is 10.7. The third-order valence-corrected chi connectivity index (χ3v) is 4.70. The summed E-state index contributed by atoms with van der Waals surface area (Å²) in [5.41, 5.74) is 0.0820. The lowest BCUT2D eigenvalue weighted by atomic mass is 10.2. The van der Waals surface area contributed by atoms with E-state index in [0.29, 0.717) is 5.75 Å². The number of carbonyl (C=O) groups excluding carboxylic acids is 1. The number of rotatable bonds is 7. The average Bonchev–Trinajstić information content (AvgIpc) is 2.77. The van der Waals surface area contributed by atoms with Crippen LogP contribution in [0.3, 0.4) is 0 Å². The number of hydrogen-bond acceptors (Lipinski definition) is 4. The van der Waals surface area contributed by atoms with Crippen molar-refractivity contribution in [2.45, 2.75) is 12.4 Å². The maximum Gasteiger partial charge on any atom is 0.350 e. The van der Waals surface area contributed by atoms with Crippen LogP contribution in [0.2, 0.25) is 0 Å². The lowest BCUT2D eigenvalue weighted by molar-refractivity contribution is 0.0768. The highest BCUT2D eigenvalue weighted by Crippen LogP contribution is 2.25. The van der Waals surface area contributed by atoms with Crippen LogP contribution in [0.4, 0.5) is 22.0 Å². The van der Waals surface area contributed by atoms with Gasteiger partial charge < -0.3 is 8.92 Å². The molecule has 9 heteroatoms. The molecule has 156 valence electrons. The molecule has 0 N–H and O–H groups in total. The van der Waals surface area contributed by atoms with Crippen molar-refractivity contribution in [1.29, 1.82) is 0 Å². The highest BCUT2D eigenvalue weighted by atomic mass is 32.2. The molecule has 0 aliphatic heterocycles. The van der Waals surface area contributed by atoms with Crippen LogP contribution in [0, 0.1) is 29.1 Å². The second-order valence-electron chi connectivity index (χ2n) is 5.98. The SMILES string of the molecule is O=C(OSCc1ccccc1)c1ccc(OCc2c(F)c(F)c(F)c(F)c2F)cc1. The van der Waals surface area contributed by atoms with Crippen molar-refractivity contribution in [3.8, 4) is 5.75 Å². The molecular formula is C21H13F5O3S. The zero-order valence-corrected chi connectivity index (χ0v) is 15.9. The summed E-state index contributed by atoms with van der Waals surface area (Å²) >= 11 is 0.962. The lowest BCUT2D eigenvalue weighted by Crippen LogP contribution is -2.10. The summed E-state index contributed by atoms with van der Waals surface area (Å²) in [5.74, 6) is -10.3. The third-order valence-electron chi connectivity index (χ3n) is 3.98. The van der Waals surface area contributed by atoms with Crippen LogP contribution in [0.25, 0.3) is 0 Å². The highest BCUT2D eigenvalue weighted by Gasteiger charge is 2.25. The molecular weight excluding hydrogens is 427 g/mol. The Morgan fingerprint density at radius 1 is 0.767 bits per heavy atom. The summed E-state index contributed by atoms with van der Waals surface area (Å²) in [5, 5.41) is 0. The molecule has 0 bridgehead atoms. The number of hydrogen-bond donors (Lipinski definition) is 0. The van der Waals surface area contributed by atoms with Crippen molar-refractivity contribution in [3.63, 3.8) is 0 Å². The van der Waals surface area contributed by atoms with E-state index < -0.39 is 47.2 Å². The number of ether oxygens (including phenoxy) is 1. The van der Waals surface area contributed by atoms with E-state index >= 15 is 0 Å². The van der Waals surface area contributed by atoms with E-state index in [9.17, 15) is 26.7 Å². The van der Waals surface area contributed by atoms with Crippen molar-refractivity contribution >= 4 is 18.0 Å². The molecule has 0 radical (unpaired) electrons. The van der Waals surface area contributed by atoms with Crippen LogP contribution in [-0.4, -0.2) is 5.97 Å². The maximum atomic E-state index is 13.7. The molecule has 0 aliphatic rings. The Bertz CT molecular complexity index is 1010. The van der Waals surface area contributed by atoms with Gasteiger partial charge >= 0.3 is 5.97 Å². The van der Waals surface area contributed by atoms with E-state index in [4.69, 9.17) is 8.92 Å². The molecule has 3 aromatic rings. The Hall–Kier alpha value is -3.07. The summed E-state index contributed by atoms with van der Waals surface area (Å²) in [6.45, 7) is -0.886. The first kappa shape index (κ1) is 21.6. The Morgan fingerprint density at radius 2 is 1.33 bits per heavy atom. The van der Waals surface area contributed by atoms with Gasteiger partial charge in [0.05, 0.1) is 28.9 Å². The molecule has 3 rings (SSSR count). The number of halogens is 5. The molecule has 0 fully saturated rings. The predicted octanol–water partition coefficient (Wildman–Crippen LogP) is 5.97. The average molecular weight is 440 g/mol. The van der Waals surface area contributed by atoms with E-state index in [2.05, 4.69) is 0 Å². The van der Waals surface area contributed by atoms with Gasteiger partial charge in [-0.2, -0.15) is 0 Å². The Kier molecular flexibility index (Phi) is 6.94. The summed E-state index contributed by atoms with van der Waals surface area (Å²) in [4.78, 5) is 12.0. The summed E-state index contributed by atoms with van der Waals surface area (Å²) < 4.78 is 76.9. The molecule has 0 amide bonds. The minimum Gasteiger partial charge on any atom is -0.489 e. The van der Waals surface area contributed by atoms with Crippen molar-refractivity contribution in [2.24, 2.45) is 0 Å². The Balaban J connectivity index is 1.58. The first-order chi connectivity index (χ1) is 14.4. The Morgan fingerprint density at radius 3 is 1.93 bits per heavy atom. The zero-order valence-electron chi connectivity index (χ0n) is 15.1. The van der Waals surface area contributed by atoms with Crippen LogP contribution >= 0.6 is 12.0 Å². The van der Waals surface area contributed by atoms with Gasteiger partial charge in [-0.15, -0.1) is 0 Å². The molecule has 0 spiro atoms. The largest absolute Gasteiger partial charge is 0.489 e. The van der Waals surface area contributed by atoms with Gasteiger partial charge in [-0.1, -0.05) is 30.3 Å². The van der Waals surface area contributed by atoms with Crippen molar-refractivity contribution in [3.05, 3.63) is 100 Å². The van der Waals surface area contributed by atoms with E-state index in [1.54, 1.807) is 0 Å². The second-order valence-corrected chi connectivity index (χ2v) is 6.67. The van der Waals surface area contributed by atoms with Gasteiger partial charge in [-0.3, -0.25) is 0 Å². The van der Waals surface area contributed by atoms with Crippen LogP contribution in [0.15, 0.2) is 54.6 Å². The summed E-state index contributed by atoms with van der Waals surface area (Å²) in [6.07, 6.45) is 0. The highest BCUT2D eigenvalue weighted by molar-refractivity contribution is 7.94. The van der Waals surface area contributed by atoms with Gasteiger partial charge in [0.1, 0.15) is 12.4 Å². The first-order valence-corrected chi connectivity index (χ1v) is 9.40. The minimum absolute atomic E-state index is 0.0624. The van der Waals surface area contributed by atoms with Crippen molar-refractivity contribution in [1.82, 2.24) is 0 Å². The fourth-order valence-corrected chi connectivity index (χ4v) is 2.98. The lowest BCUT2D eigenvalue weighted by Gasteiger charge is -2.10. The van der Waals surface area contributed by atoms with Gasteiger partial charge in [0.25, 0.3) is 0 Å². The van der Waals surface area contributed by atoms with Crippen LogP contribution in [0.5, 0.6) is 5.75 Å². The number of benzene rings is 3. The standard InChI is InChI=1S/C21H13F5O3S/c22-16-15(17(23)19(25)20(26)18(16)24)10-28-14-8-6-13(7-9-14)21(27)29-30-11-12-4-2-1-3-5-12/h1-9H,10-11H2. The summed E-state index contributed by atoms with van der Waals surface area (Å²) in [7, 11) is 0. The molecule has 0 saturated carbocycles. The van der Waals surface area contributed by atoms with Crippen molar-refractivity contribution in [2.75, 3.05) is 0 Å². The van der Waals surface area contributed by atoms with Gasteiger partial charge in [0.15, 0.2) is 23.3 Å². The smallest absolute Gasteiger partial charge is 0.350 e. The zero-order chi connectivity index (χ0) is 21.7. The monoisotopic (exact) mass is 440 g/mol. The molecule has 3 aromatic carbocycles. The van der Waals surface area contributed by atoms with E-state index in [0.717, 1.165) is 17.6 Å². The molecule has 3 nitrogen and oxygen atoms in total. The third kappa shape index (κ3) is 4.91. The van der Waals surface area contributed by atoms with E-state index in [1.165, 1.54) is 24.3 Å². The van der Waals surface area contributed by atoms with Gasteiger partial charge in [0, 0.05) is 0 Å². The van der Waals surface area contributed by atoms with E-state index in [-0.39, 0.29) is 11.3 Å². The van der Waals surface area contributed by atoms with Crippen LogP contribution in [-0.2, 0) is 16.5 Å². The molecule has 0 saturated heterocycles. The number of carbonyl (C=O) groups is 1.